The summed E-state index contributed by atoms with van der Waals surface area (Å²) in [5, 5.41) is 10.2. The van der Waals surface area contributed by atoms with Crippen LogP contribution < -0.4 is 4.74 Å². The molecule has 1 fully saturated rings. The van der Waals surface area contributed by atoms with Crippen molar-refractivity contribution in [2.75, 3.05) is 33.4 Å². The van der Waals surface area contributed by atoms with Gasteiger partial charge < -0.3 is 19.5 Å². The molecule has 0 saturated carbocycles. The highest BCUT2D eigenvalue weighted by atomic mass is 32.1. The van der Waals surface area contributed by atoms with E-state index in [0.717, 1.165) is 13.0 Å². The lowest BCUT2D eigenvalue weighted by Gasteiger charge is -2.11. The molecular formula is C34H39F2NO5S. The molecule has 43 heavy (non-hydrogen) atoms. The Kier molecular flexibility index (Phi) is 12.6. The van der Waals surface area contributed by atoms with E-state index < -0.39 is 11.8 Å². The quantitative estimate of drug-likeness (QED) is 0.159. The molecular weight excluding hydrogens is 572 g/mol. The highest BCUT2D eigenvalue weighted by molar-refractivity contribution is 7.21. The minimum atomic E-state index is -0.487. The van der Waals surface area contributed by atoms with Gasteiger partial charge in [0.2, 0.25) is 5.78 Å². The van der Waals surface area contributed by atoms with E-state index in [-0.39, 0.29) is 18.2 Å². The molecule has 0 bridgehead atoms. The largest absolute Gasteiger partial charge is 0.508 e. The van der Waals surface area contributed by atoms with E-state index in [1.165, 1.54) is 68.6 Å². The van der Waals surface area contributed by atoms with E-state index >= 15 is 0 Å². The number of alkyl halides is 1. The lowest BCUT2D eigenvalue weighted by atomic mass is 9.97. The van der Waals surface area contributed by atoms with E-state index in [1.807, 2.05) is 13.8 Å². The number of halogens is 2. The van der Waals surface area contributed by atoms with Crippen molar-refractivity contribution in [3.8, 4) is 17.2 Å². The van der Waals surface area contributed by atoms with Gasteiger partial charge in [-0.25, -0.2) is 9.18 Å². The first-order valence-electron chi connectivity index (χ1n) is 14.4. The van der Waals surface area contributed by atoms with Crippen molar-refractivity contribution in [3.63, 3.8) is 0 Å². The zero-order chi connectivity index (χ0) is 31.5. The average molecular weight is 612 g/mol. The Labute approximate surface area is 255 Å². The number of aromatic hydroxyl groups is 1. The number of methoxy groups -OCH3 is 1. The molecule has 1 aliphatic rings. The molecule has 0 amide bonds. The Balaban J connectivity index is 0.000000390. The fourth-order valence-electron chi connectivity index (χ4n) is 4.87. The fraction of sp³-hybridized carbons (Fsp3) is 0.353. The monoisotopic (exact) mass is 611 g/mol. The summed E-state index contributed by atoms with van der Waals surface area (Å²) >= 11 is 1.19. The zero-order valence-electron chi connectivity index (χ0n) is 25.3. The summed E-state index contributed by atoms with van der Waals surface area (Å²) in [6.45, 7) is 10.6. The smallest absolute Gasteiger partial charge is 0.337 e. The van der Waals surface area contributed by atoms with Gasteiger partial charge in [0, 0.05) is 22.2 Å². The maximum Gasteiger partial charge on any atom is 0.337 e. The van der Waals surface area contributed by atoms with E-state index in [9.17, 15) is 23.5 Å². The minimum absolute atomic E-state index is 0.0871. The third-order valence-electron chi connectivity index (χ3n) is 6.86. The van der Waals surface area contributed by atoms with Crippen LogP contribution in [0.4, 0.5) is 8.78 Å². The molecule has 0 spiro atoms. The maximum absolute atomic E-state index is 13.8. The van der Waals surface area contributed by atoms with Crippen LogP contribution in [0.5, 0.6) is 17.2 Å². The number of carbonyl (C=O) groups excluding carboxylic acids is 2. The van der Waals surface area contributed by atoms with E-state index in [2.05, 4.69) is 4.90 Å². The van der Waals surface area contributed by atoms with Gasteiger partial charge in [0.15, 0.2) is 5.75 Å². The number of hydrogen-bond acceptors (Lipinski definition) is 7. The predicted molar refractivity (Wildman–Crippen MR) is 168 cm³/mol. The number of rotatable bonds is 8. The van der Waals surface area contributed by atoms with Gasteiger partial charge in [0.1, 0.15) is 22.2 Å². The number of aryl methyl sites for hydroxylation is 2. The normalized spacial score (nSPS) is 12.6. The summed E-state index contributed by atoms with van der Waals surface area (Å²) in [6.07, 6.45) is 3.35. The number of ether oxygens (including phenoxy) is 2. The lowest BCUT2D eigenvalue weighted by Crippen LogP contribution is -2.20. The second-order valence-electron chi connectivity index (χ2n) is 9.89. The number of nitrogens with zero attached hydrogens (tertiary/aromatic N) is 1. The Morgan fingerprint density at radius 2 is 1.60 bits per heavy atom. The number of benzene rings is 3. The van der Waals surface area contributed by atoms with Crippen LogP contribution in [0.15, 0.2) is 54.6 Å². The van der Waals surface area contributed by atoms with Crippen molar-refractivity contribution in [3.05, 3.63) is 87.5 Å². The summed E-state index contributed by atoms with van der Waals surface area (Å²) in [5.41, 5.74) is 1.80. The van der Waals surface area contributed by atoms with Gasteiger partial charge in [-0.15, -0.1) is 11.3 Å². The number of fused-ring (bicyclic) bond motifs is 1. The number of likely N-dealkylation sites (tertiary alicyclic amines) is 1. The van der Waals surface area contributed by atoms with Crippen molar-refractivity contribution >= 4 is 33.2 Å². The van der Waals surface area contributed by atoms with Gasteiger partial charge in [-0.2, -0.15) is 0 Å². The summed E-state index contributed by atoms with van der Waals surface area (Å²) in [6, 6.07) is 13.7. The Hall–Kier alpha value is -3.82. The van der Waals surface area contributed by atoms with Crippen molar-refractivity contribution in [2.45, 2.75) is 47.0 Å². The van der Waals surface area contributed by atoms with E-state index in [1.54, 1.807) is 44.2 Å². The van der Waals surface area contributed by atoms with Crippen LogP contribution in [-0.2, 0) is 4.74 Å². The highest BCUT2D eigenvalue weighted by Crippen LogP contribution is 2.42. The average Bonchev–Trinajstić information content (AvgIpc) is 3.65. The third kappa shape index (κ3) is 8.61. The van der Waals surface area contributed by atoms with Gasteiger partial charge in [-0.3, -0.25) is 9.18 Å². The van der Waals surface area contributed by atoms with Crippen LogP contribution in [-0.4, -0.2) is 55.2 Å². The maximum atomic E-state index is 13.8. The van der Waals surface area contributed by atoms with E-state index in [4.69, 9.17) is 9.47 Å². The fourth-order valence-corrected chi connectivity index (χ4v) is 5.99. The van der Waals surface area contributed by atoms with Crippen LogP contribution >= 0.6 is 11.3 Å². The number of phenols is 1. The number of thiophene rings is 1. The van der Waals surface area contributed by atoms with Gasteiger partial charge in [-0.1, -0.05) is 13.8 Å². The highest BCUT2D eigenvalue weighted by Gasteiger charge is 2.25. The van der Waals surface area contributed by atoms with Gasteiger partial charge in [0.05, 0.1) is 19.3 Å². The second kappa shape index (κ2) is 16.1. The Morgan fingerprint density at radius 1 is 0.977 bits per heavy atom. The van der Waals surface area contributed by atoms with Crippen LogP contribution in [0.3, 0.4) is 0 Å². The van der Waals surface area contributed by atoms with E-state index in [0.29, 0.717) is 48.7 Å². The molecule has 0 unspecified atom stereocenters. The Morgan fingerprint density at radius 3 is 2.19 bits per heavy atom. The van der Waals surface area contributed by atoms with Gasteiger partial charge in [0.25, 0.3) is 0 Å². The number of esters is 1. The molecule has 1 N–H and O–H groups in total. The molecule has 6 nitrogen and oxygen atoms in total. The molecule has 2 heterocycles. The van der Waals surface area contributed by atoms with Crippen molar-refractivity contribution in [2.24, 2.45) is 0 Å². The SMILES string of the molecule is CC.COC(=O)c1ccc2c(Oc3ccc(O)cc3)c(C(=O)c3c(C)cc(F)cc3C)sc2c1.FCCCN1CCCC1. The summed E-state index contributed by atoms with van der Waals surface area (Å²) in [5.74, 6) is -0.337. The minimum Gasteiger partial charge on any atom is -0.508 e. The first-order valence-corrected chi connectivity index (χ1v) is 15.2. The van der Waals surface area contributed by atoms with Crippen molar-refractivity contribution < 1.29 is 33.0 Å². The topological polar surface area (TPSA) is 76.1 Å². The lowest BCUT2D eigenvalue weighted by molar-refractivity contribution is 0.0600. The molecule has 1 aromatic heterocycles. The zero-order valence-corrected chi connectivity index (χ0v) is 26.2. The molecule has 3 aromatic carbocycles. The van der Waals surface area contributed by atoms with Crippen LogP contribution in [0.25, 0.3) is 10.1 Å². The van der Waals surface area contributed by atoms with Crippen LogP contribution in [0.2, 0.25) is 0 Å². The second-order valence-corrected chi connectivity index (χ2v) is 10.9. The van der Waals surface area contributed by atoms with Crippen molar-refractivity contribution in [1.82, 2.24) is 4.90 Å². The summed E-state index contributed by atoms with van der Waals surface area (Å²) in [4.78, 5) is 28.2. The molecule has 230 valence electrons. The molecule has 5 rings (SSSR count). The first kappa shape index (κ1) is 33.7. The molecule has 4 aromatic rings. The number of phenolic OH excluding ortho intramolecular Hbond substituents is 1. The standard InChI is InChI=1S/C25H19FO5S.C7H14FN.C2H6/c1-13-10-16(26)11-14(2)21(13)22(28)24-23(31-18-7-5-17(27)6-8-18)19-9-4-15(25(29)30-3)12-20(19)32-24;8-4-3-7-9-5-1-2-6-9;1-2/h4-12,27H,1-3H3;1-7H2;1-2H3. The molecule has 1 aliphatic heterocycles. The van der Waals surface area contributed by atoms with Crippen molar-refractivity contribution in [1.29, 1.82) is 0 Å². The molecule has 0 atom stereocenters. The van der Waals surface area contributed by atoms with Gasteiger partial charge in [-0.05, 0) is 112 Å². The first-order chi connectivity index (χ1) is 20.7. The molecule has 0 radical (unpaired) electrons. The number of hydrogen-bond donors (Lipinski definition) is 1. The number of ketones is 1. The molecule has 0 aliphatic carbocycles. The molecule has 1 saturated heterocycles. The van der Waals surface area contributed by atoms with Crippen LogP contribution in [0, 0.1) is 19.7 Å². The predicted octanol–water partition coefficient (Wildman–Crippen LogP) is 8.64. The Bertz CT molecular complexity index is 1510. The third-order valence-corrected chi connectivity index (χ3v) is 7.99. The summed E-state index contributed by atoms with van der Waals surface area (Å²) < 4.78 is 37.0. The number of carbonyl (C=O) groups is 2. The van der Waals surface area contributed by atoms with Gasteiger partial charge >= 0.3 is 5.97 Å². The molecule has 9 heteroatoms. The van der Waals surface area contributed by atoms with Crippen LogP contribution in [0.1, 0.15) is 69.8 Å². The summed E-state index contributed by atoms with van der Waals surface area (Å²) in [7, 11) is 1.30.